The van der Waals surface area contributed by atoms with Crippen LogP contribution in [0.25, 0.3) is 0 Å². The number of nitriles is 1. The number of ether oxygens (including phenoxy) is 3. The molecule has 174 valence electrons. The number of nitrogens with two attached hydrogens (primary N) is 1. The Morgan fingerprint density at radius 2 is 1.91 bits per heavy atom. The molecule has 1 amide bonds. The fourth-order valence-electron chi connectivity index (χ4n) is 4.61. The minimum Gasteiger partial charge on any atom is -0.469 e. The van der Waals surface area contributed by atoms with E-state index in [1.165, 1.54) is 0 Å². The van der Waals surface area contributed by atoms with Crippen LogP contribution in [0.2, 0.25) is 0 Å². The monoisotopic (exact) mass is 461 g/mol. The molecule has 0 saturated carbocycles. The van der Waals surface area contributed by atoms with Crippen molar-refractivity contribution in [2.45, 2.75) is 24.7 Å². The third-order valence-corrected chi connectivity index (χ3v) is 6.29. The molecule has 0 spiro atoms. The number of hydrogen-bond acceptors (Lipinski definition) is 8. The Kier molecular flexibility index (Phi) is 5.82. The highest BCUT2D eigenvalue weighted by molar-refractivity contribution is 6.00. The van der Waals surface area contributed by atoms with Crippen molar-refractivity contribution in [3.05, 3.63) is 76.8 Å². The number of allylic oxidation sites excluding steroid dienone is 3. The van der Waals surface area contributed by atoms with E-state index in [0.717, 1.165) is 0 Å². The molecule has 1 fully saturated rings. The summed E-state index contributed by atoms with van der Waals surface area (Å²) in [6.07, 6.45) is 1.82. The second kappa shape index (κ2) is 9.08. The first-order chi connectivity index (χ1) is 16.5. The minimum atomic E-state index is -0.650. The molecular weight excluding hydrogens is 438 g/mol. The van der Waals surface area contributed by atoms with Gasteiger partial charge in [-0.2, -0.15) is 5.26 Å². The SMILES string of the molecule is N#CC1=C(N)OC2=C(C(=O)C[C@@H](c3ccco3)C2)[C@@H]1c1ccc(OC(=O)N2CCOCC2)cc1. The summed E-state index contributed by atoms with van der Waals surface area (Å²) in [6.45, 7) is 1.92. The van der Waals surface area contributed by atoms with Crippen molar-refractivity contribution in [2.24, 2.45) is 5.73 Å². The molecule has 9 heteroatoms. The molecule has 34 heavy (non-hydrogen) atoms. The zero-order valence-electron chi connectivity index (χ0n) is 18.4. The summed E-state index contributed by atoms with van der Waals surface area (Å²) in [5.74, 6) is 0.604. The van der Waals surface area contributed by atoms with Gasteiger partial charge in [0.25, 0.3) is 0 Å². The van der Waals surface area contributed by atoms with Crippen molar-refractivity contribution < 1.29 is 28.2 Å². The summed E-state index contributed by atoms with van der Waals surface area (Å²) >= 11 is 0. The van der Waals surface area contributed by atoms with E-state index in [1.807, 2.05) is 6.07 Å². The molecule has 2 N–H and O–H groups in total. The lowest BCUT2D eigenvalue weighted by Gasteiger charge is -2.33. The van der Waals surface area contributed by atoms with E-state index < -0.39 is 12.0 Å². The number of morpholine rings is 1. The van der Waals surface area contributed by atoms with Gasteiger partial charge in [-0.1, -0.05) is 12.1 Å². The lowest BCUT2D eigenvalue weighted by molar-refractivity contribution is -0.117. The molecule has 2 aliphatic heterocycles. The zero-order chi connectivity index (χ0) is 23.7. The Balaban J connectivity index is 1.41. The Morgan fingerprint density at radius 3 is 2.59 bits per heavy atom. The van der Waals surface area contributed by atoms with E-state index in [1.54, 1.807) is 41.5 Å². The van der Waals surface area contributed by atoms with E-state index in [-0.39, 0.29) is 29.6 Å². The standard InChI is InChI=1S/C25H23N3O6/c26-14-18-22(15-3-5-17(6-4-15)33-25(30)28-7-10-31-11-8-28)23-19(29)12-16(20-2-1-9-32-20)13-21(23)34-24(18)27/h1-6,9,16,22H,7-8,10-13,27H2/t16-,22-/m1/s1. The summed E-state index contributed by atoms with van der Waals surface area (Å²) < 4.78 is 22.0. The van der Waals surface area contributed by atoms with E-state index in [9.17, 15) is 14.9 Å². The highest BCUT2D eigenvalue weighted by atomic mass is 16.6. The van der Waals surface area contributed by atoms with Crippen LogP contribution in [0, 0.1) is 11.3 Å². The second-order valence-corrected chi connectivity index (χ2v) is 8.34. The predicted octanol–water partition coefficient (Wildman–Crippen LogP) is 3.32. The average Bonchev–Trinajstić information content (AvgIpc) is 3.39. The first-order valence-electron chi connectivity index (χ1n) is 11.1. The molecule has 2 atom stereocenters. The van der Waals surface area contributed by atoms with Crippen LogP contribution in [0.5, 0.6) is 5.75 Å². The number of nitrogens with zero attached hydrogens (tertiary/aromatic N) is 2. The third-order valence-electron chi connectivity index (χ3n) is 6.29. The summed E-state index contributed by atoms with van der Waals surface area (Å²) in [6, 6.07) is 12.5. The maximum atomic E-state index is 13.2. The molecule has 1 aromatic heterocycles. The van der Waals surface area contributed by atoms with Crippen molar-refractivity contribution in [3.63, 3.8) is 0 Å². The second-order valence-electron chi connectivity index (χ2n) is 8.34. The van der Waals surface area contributed by atoms with Gasteiger partial charge in [0.15, 0.2) is 5.78 Å². The molecule has 0 bridgehead atoms. The minimum absolute atomic E-state index is 0.0121. The van der Waals surface area contributed by atoms with Gasteiger partial charge in [0, 0.05) is 37.4 Å². The number of ketones is 1. The van der Waals surface area contributed by atoms with Gasteiger partial charge in [0.1, 0.15) is 28.9 Å². The van der Waals surface area contributed by atoms with Gasteiger partial charge in [0.2, 0.25) is 5.88 Å². The van der Waals surface area contributed by atoms with E-state index >= 15 is 0 Å². The highest BCUT2D eigenvalue weighted by Gasteiger charge is 2.41. The highest BCUT2D eigenvalue weighted by Crippen LogP contribution is 2.46. The lowest BCUT2D eigenvalue weighted by atomic mass is 9.74. The van der Waals surface area contributed by atoms with Crippen LogP contribution in [-0.4, -0.2) is 43.1 Å². The maximum Gasteiger partial charge on any atom is 0.415 e. The summed E-state index contributed by atoms with van der Waals surface area (Å²) in [4.78, 5) is 27.2. The predicted molar refractivity (Wildman–Crippen MR) is 118 cm³/mol. The number of hydrogen-bond donors (Lipinski definition) is 1. The molecule has 2 aromatic rings. The molecule has 3 heterocycles. The zero-order valence-corrected chi connectivity index (χ0v) is 18.4. The third kappa shape index (κ3) is 4.04. The Bertz CT molecular complexity index is 1200. The first kappa shape index (κ1) is 21.8. The van der Waals surface area contributed by atoms with Crippen LogP contribution in [0.4, 0.5) is 4.79 Å². The average molecular weight is 461 g/mol. The summed E-state index contributed by atoms with van der Waals surface area (Å²) in [5, 5.41) is 9.79. The number of carbonyl (C=O) groups excluding carboxylic acids is 2. The van der Waals surface area contributed by atoms with Gasteiger partial charge in [-0.25, -0.2) is 4.79 Å². The normalized spacial score (nSPS) is 22.7. The Morgan fingerprint density at radius 1 is 1.15 bits per heavy atom. The van der Waals surface area contributed by atoms with Crippen molar-refractivity contribution in [1.82, 2.24) is 4.90 Å². The van der Waals surface area contributed by atoms with Crippen molar-refractivity contribution in [1.29, 1.82) is 5.26 Å². The van der Waals surface area contributed by atoms with Crippen LogP contribution < -0.4 is 10.5 Å². The Hall–Kier alpha value is -4.03. The number of amides is 1. The Labute approximate surface area is 196 Å². The van der Waals surface area contributed by atoms with Crippen molar-refractivity contribution in [3.8, 4) is 11.8 Å². The molecule has 5 rings (SSSR count). The quantitative estimate of drug-likeness (QED) is 0.737. The lowest BCUT2D eigenvalue weighted by Crippen LogP contribution is -2.42. The summed E-state index contributed by atoms with van der Waals surface area (Å²) in [7, 11) is 0. The number of rotatable bonds is 3. The first-order valence-corrected chi connectivity index (χ1v) is 11.1. The molecular formula is C25H23N3O6. The number of furan rings is 1. The molecule has 1 saturated heterocycles. The van der Waals surface area contributed by atoms with Gasteiger partial charge < -0.3 is 29.3 Å². The van der Waals surface area contributed by atoms with Crippen LogP contribution >= 0.6 is 0 Å². The molecule has 1 aromatic carbocycles. The molecule has 9 nitrogen and oxygen atoms in total. The number of carbonyl (C=O) groups is 2. The topological polar surface area (TPSA) is 128 Å². The fraction of sp³-hybridized carbons (Fsp3) is 0.320. The van der Waals surface area contributed by atoms with Crippen LogP contribution in [0.1, 0.15) is 36.0 Å². The van der Waals surface area contributed by atoms with Gasteiger partial charge in [0.05, 0.1) is 25.4 Å². The molecule has 3 aliphatic rings. The maximum absolute atomic E-state index is 13.2. The molecule has 1 aliphatic carbocycles. The number of benzene rings is 1. The molecule has 0 unspecified atom stereocenters. The largest absolute Gasteiger partial charge is 0.469 e. The smallest absolute Gasteiger partial charge is 0.415 e. The van der Waals surface area contributed by atoms with Gasteiger partial charge in [-0.15, -0.1) is 0 Å². The molecule has 0 radical (unpaired) electrons. The van der Waals surface area contributed by atoms with E-state index in [0.29, 0.717) is 61.1 Å². The van der Waals surface area contributed by atoms with Crippen molar-refractivity contribution in [2.75, 3.05) is 26.3 Å². The van der Waals surface area contributed by atoms with Gasteiger partial charge in [-0.05, 0) is 29.8 Å². The van der Waals surface area contributed by atoms with Crippen LogP contribution in [0.3, 0.4) is 0 Å². The number of Topliss-reactive ketones (excluding diaryl/α,β-unsaturated/α-hetero) is 1. The summed E-state index contributed by atoms with van der Waals surface area (Å²) in [5.41, 5.74) is 7.40. The van der Waals surface area contributed by atoms with Crippen LogP contribution in [-0.2, 0) is 14.3 Å². The van der Waals surface area contributed by atoms with E-state index in [2.05, 4.69) is 6.07 Å². The van der Waals surface area contributed by atoms with Gasteiger partial charge >= 0.3 is 6.09 Å². The fourth-order valence-corrected chi connectivity index (χ4v) is 4.61. The van der Waals surface area contributed by atoms with Crippen molar-refractivity contribution >= 4 is 11.9 Å². The van der Waals surface area contributed by atoms with Crippen LogP contribution in [0.15, 0.2) is 69.9 Å². The van der Waals surface area contributed by atoms with E-state index in [4.69, 9.17) is 24.4 Å². The van der Waals surface area contributed by atoms with Gasteiger partial charge in [-0.3, -0.25) is 4.79 Å².